The number of fused-ring (bicyclic) bond motifs is 1. The minimum absolute atomic E-state index is 0.0694. The predicted octanol–water partition coefficient (Wildman–Crippen LogP) is 2.99. The number of ether oxygens (including phenoxy) is 2. The first kappa shape index (κ1) is 16.3. The van der Waals surface area contributed by atoms with Crippen molar-refractivity contribution in [1.29, 1.82) is 0 Å². The fourth-order valence-electron chi connectivity index (χ4n) is 2.61. The minimum Gasteiger partial charge on any atom is -0.493 e. The summed E-state index contributed by atoms with van der Waals surface area (Å²) in [7, 11) is 1.65. The lowest BCUT2D eigenvalue weighted by Crippen LogP contribution is -2.20. The van der Waals surface area contributed by atoms with Crippen molar-refractivity contribution in [2.45, 2.75) is 26.4 Å². The maximum Gasteiger partial charge on any atom is 0.161 e. The van der Waals surface area contributed by atoms with Crippen molar-refractivity contribution in [3.05, 3.63) is 54.0 Å². The third-order valence-corrected chi connectivity index (χ3v) is 3.87. The molecule has 0 bridgehead atoms. The van der Waals surface area contributed by atoms with Gasteiger partial charge in [0.1, 0.15) is 0 Å². The van der Waals surface area contributed by atoms with Crippen molar-refractivity contribution in [3.63, 3.8) is 0 Å². The number of hydrogen-bond donors (Lipinski definition) is 1. The van der Waals surface area contributed by atoms with E-state index in [1.165, 1.54) is 0 Å². The van der Waals surface area contributed by atoms with E-state index in [2.05, 4.69) is 22.4 Å². The normalized spacial score (nSPS) is 12.3. The Bertz CT molecular complexity index is 816. The van der Waals surface area contributed by atoms with E-state index < -0.39 is 0 Å². The first-order valence-electron chi connectivity index (χ1n) is 8.05. The molecule has 0 aliphatic rings. The highest BCUT2D eigenvalue weighted by molar-refractivity contribution is 5.43. The van der Waals surface area contributed by atoms with E-state index in [0.29, 0.717) is 13.2 Å². The summed E-state index contributed by atoms with van der Waals surface area (Å²) in [6.07, 6.45) is 1.97. The smallest absolute Gasteiger partial charge is 0.161 e. The second-order valence-electron chi connectivity index (χ2n) is 5.51. The number of rotatable bonds is 7. The third-order valence-electron chi connectivity index (χ3n) is 3.87. The van der Waals surface area contributed by atoms with Crippen LogP contribution < -0.4 is 14.8 Å². The van der Waals surface area contributed by atoms with Crippen LogP contribution in [0.2, 0.25) is 0 Å². The molecule has 6 heteroatoms. The molecule has 24 heavy (non-hydrogen) atoms. The van der Waals surface area contributed by atoms with Crippen molar-refractivity contribution in [1.82, 2.24) is 19.9 Å². The van der Waals surface area contributed by atoms with Gasteiger partial charge >= 0.3 is 0 Å². The second-order valence-corrected chi connectivity index (χ2v) is 5.51. The molecular formula is C18H22N4O2. The molecule has 0 radical (unpaired) electrons. The van der Waals surface area contributed by atoms with Crippen LogP contribution in [-0.4, -0.2) is 28.3 Å². The quantitative estimate of drug-likeness (QED) is 0.723. The number of aromatic nitrogens is 3. The van der Waals surface area contributed by atoms with Crippen molar-refractivity contribution in [2.75, 3.05) is 13.7 Å². The maximum atomic E-state index is 5.55. The summed E-state index contributed by atoms with van der Waals surface area (Å²) in [6.45, 7) is 5.35. The van der Waals surface area contributed by atoms with E-state index >= 15 is 0 Å². The van der Waals surface area contributed by atoms with Crippen molar-refractivity contribution in [3.8, 4) is 11.5 Å². The van der Waals surface area contributed by atoms with Gasteiger partial charge in [-0.1, -0.05) is 12.1 Å². The summed E-state index contributed by atoms with van der Waals surface area (Å²) < 4.78 is 12.9. The number of benzene rings is 1. The van der Waals surface area contributed by atoms with Gasteiger partial charge in [-0.2, -0.15) is 0 Å². The number of pyridine rings is 1. The third kappa shape index (κ3) is 3.33. The van der Waals surface area contributed by atoms with Crippen molar-refractivity contribution < 1.29 is 9.47 Å². The summed E-state index contributed by atoms with van der Waals surface area (Å²) in [5.41, 5.74) is 1.97. The number of hydrogen-bond acceptors (Lipinski definition) is 5. The molecule has 2 heterocycles. The maximum absolute atomic E-state index is 5.55. The fourth-order valence-corrected chi connectivity index (χ4v) is 2.61. The van der Waals surface area contributed by atoms with Crippen LogP contribution in [0, 0.1) is 0 Å². The van der Waals surface area contributed by atoms with E-state index in [9.17, 15) is 0 Å². The van der Waals surface area contributed by atoms with E-state index in [1.54, 1.807) is 7.11 Å². The van der Waals surface area contributed by atoms with Crippen LogP contribution in [0.15, 0.2) is 42.6 Å². The molecule has 126 valence electrons. The first-order chi connectivity index (χ1) is 11.7. The number of nitrogens with zero attached hydrogens (tertiary/aromatic N) is 3. The van der Waals surface area contributed by atoms with Gasteiger partial charge in [0, 0.05) is 12.7 Å². The highest BCUT2D eigenvalue weighted by Gasteiger charge is 2.13. The van der Waals surface area contributed by atoms with Crippen LogP contribution in [0.4, 0.5) is 0 Å². The van der Waals surface area contributed by atoms with Crippen molar-refractivity contribution >= 4 is 5.65 Å². The molecule has 0 fully saturated rings. The zero-order valence-corrected chi connectivity index (χ0v) is 14.2. The molecule has 0 spiro atoms. The molecule has 0 saturated carbocycles. The SMILES string of the molecule is CCOc1ccc(CN[C@@H](C)c2nnc3ccccn23)cc1OC. The van der Waals surface area contributed by atoms with Crippen LogP contribution in [0.5, 0.6) is 11.5 Å². The Morgan fingerprint density at radius 2 is 2.04 bits per heavy atom. The predicted molar refractivity (Wildman–Crippen MR) is 92.4 cm³/mol. The van der Waals surface area contributed by atoms with E-state index in [4.69, 9.17) is 9.47 Å². The summed E-state index contributed by atoms with van der Waals surface area (Å²) in [5, 5.41) is 12.0. The monoisotopic (exact) mass is 326 g/mol. The average Bonchev–Trinajstić information content (AvgIpc) is 3.05. The van der Waals surface area contributed by atoms with Gasteiger partial charge in [-0.3, -0.25) is 4.40 Å². The van der Waals surface area contributed by atoms with Crippen LogP contribution in [-0.2, 0) is 6.54 Å². The van der Waals surface area contributed by atoms with Gasteiger partial charge in [-0.15, -0.1) is 10.2 Å². The fraction of sp³-hybridized carbons (Fsp3) is 0.333. The Balaban J connectivity index is 1.71. The van der Waals surface area contributed by atoms with Crippen LogP contribution in [0.1, 0.15) is 31.3 Å². The Hall–Kier alpha value is -2.60. The molecule has 0 aliphatic heterocycles. The standard InChI is InChI=1S/C18H22N4O2/c1-4-24-15-9-8-14(11-16(15)23-3)12-19-13(2)18-21-20-17-7-5-6-10-22(17)18/h5-11,13,19H,4,12H2,1-3H3/t13-/m0/s1. The van der Waals surface area contributed by atoms with Gasteiger partial charge in [0.05, 0.1) is 19.8 Å². The molecule has 1 N–H and O–H groups in total. The zero-order chi connectivity index (χ0) is 16.9. The van der Waals surface area contributed by atoms with Crippen LogP contribution >= 0.6 is 0 Å². The summed E-state index contributed by atoms with van der Waals surface area (Å²) in [5.74, 6) is 2.40. The zero-order valence-electron chi connectivity index (χ0n) is 14.2. The average molecular weight is 326 g/mol. The molecule has 1 aromatic carbocycles. The van der Waals surface area contributed by atoms with Gasteiger partial charge in [0.15, 0.2) is 23.0 Å². The lowest BCUT2D eigenvalue weighted by molar-refractivity contribution is 0.310. The lowest BCUT2D eigenvalue weighted by Gasteiger charge is -2.14. The molecule has 0 amide bonds. The van der Waals surface area contributed by atoms with E-state index in [-0.39, 0.29) is 6.04 Å². The molecule has 2 aromatic heterocycles. The van der Waals surface area contributed by atoms with Crippen molar-refractivity contribution in [2.24, 2.45) is 0 Å². The summed E-state index contributed by atoms with van der Waals surface area (Å²) in [6, 6.07) is 11.9. The molecule has 6 nitrogen and oxygen atoms in total. The number of nitrogens with one attached hydrogen (secondary N) is 1. The first-order valence-corrected chi connectivity index (χ1v) is 8.05. The Kier molecular flexibility index (Phi) is 4.96. The molecule has 0 unspecified atom stereocenters. The van der Waals surface area contributed by atoms with Crippen LogP contribution in [0.25, 0.3) is 5.65 Å². The minimum atomic E-state index is 0.0694. The summed E-state index contributed by atoms with van der Waals surface area (Å²) >= 11 is 0. The topological polar surface area (TPSA) is 60.7 Å². The second kappa shape index (κ2) is 7.31. The van der Waals surface area contributed by atoms with Crippen LogP contribution in [0.3, 0.4) is 0 Å². The Labute approximate surface area is 141 Å². The summed E-state index contributed by atoms with van der Waals surface area (Å²) in [4.78, 5) is 0. The molecule has 3 rings (SSSR count). The van der Waals surface area contributed by atoms with E-state index in [1.807, 2.05) is 53.9 Å². The lowest BCUT2D eigenvalue weighted by atomic mass is 10.2. The van der Waals surface area contributed by atoms with Gasteiger partial charge in [0.2, 0.25) is 0 Å². The highest BCUT2D eigenvalue weighted by atomic mass is 16.5. The van der Waals surface area contributed by atoms with Gasteiger partial charge < -0.3 is 14.8 Å². The Morgan fingerprint density at radius 3 is 2.83 bits per heavy atom. The molecular weight excluding hydrogens is 304 g/mol. The largest absolute Gasteiger partial charge is 0.493 e. The molecule has 3 aromatic rings. The molecule has 1 atom stereocenters. The highest BCUT2D eigenvalue weighted by Crippen LogP contribution is 2.28. The van der Waals surface area contributed by atoms with E-state index in [0.717, 1.165) is 28.5 Å². The van der Waals surface area contributed by atoms with Gasteiger partial charge in [-0.25, -0.2) is 0 Å². The van der Waals surface area contributed by atoms with Gasteiger partial charge in [-0.05, 0) is 43.7 Å². The molecule has 0 aliphatic carbocycles. The molecule has 0 saturated heterocycles. The van der Waals surface area contributed by atoms with Gasteiger partial charge in [0.25, 0.3) is 0 Å². The number of methoxy groups -OCH3 is 1. The Morgan fingerprint density at radius 1 is 1.17 bits per heavy atom.